The van der Waals surface area contributed by atoms with E-state index in [9.17, 15) is 9.59 Å². The van der Waals surface area contributed by atoms with Crippen LogP contribution in [-0.4, -0.2) is 52.0 Å². The molecule has 2 aromatic heterocycles. The molecule has 2 aromatic carbocycles. The smallest absolute Gasteiger partial charge is 0.355 e. The number of aromatic carboxylic acids is 1. The summed E-state index contributed by atoms with van der Waals surface area (Å²) >= 11 is 1.01. The van der Waals surface area contributed by atoms with Crippen LogP contribution in [0.1, 0.15) is 33.7 Å². The molecule has 0 aliphatic heterocycles. The first-order chi connectivity index (χ1) is 17.3. The fraction of sp³-hybridized carbons (Fsp3) is 0.208. The van der Waals surface area contributed by atoms with E-state index in [2.05, 4.69) is 20.5 Å². The minimum atomic E-state index is -1.18. The first-order valence-corrected chi connectivity index (χ1v) is 11.6. The van der Waals surface area contributed by atoms with Crippen LogP contribution in [0, 0.1) is 6.92 Å². The lowest BCUT2D eigenvalue weighted by molar-refractivity contribution is 0.0691. The van der Waals surface area contributed by atoms with E-state index in [0.717, 1.165) is 16.9 Å². The van der Waals surface area contributed by atoms with Gasteiger partial charge in [0.1, 0.15) is 23.4 Å². The van der Waals surface area contributed by atoms with Gasteiger partial charge in [0.05, 0.1) is 6.61 Å². The molecule has 0 spiro atoms. The largest absolute Gasteiger partial charge is 0.488 e. The van der Waals surface area contributed by atoms with Crippen LogP contribution in [0.3, 0.4) is 0 Å². The van der Waals surface area contributed by atoms with E-state index < -0.39 is 11.9 Å². The number of carbonyl (C=O) groups is 2. The highest BCUT2D eigenvalue weighted by Crippen LogP contribution is 2.30. The predicted octanol–water partition coefficient (Wildman–Crippen LogP) is 4.66. The van der Waals surface area contributed by atoms with Crippen LogP contribution in [0.25, 0.3) is 11.5 Å². The molecule has 0 radical (unpaired) electrons. The second-order valence-electron chi connectivity index (χ2n) is 7.63. The molecule has 186 valence electrons. The van der Waals surface area contributed by atoms with Gasteiger partial charge < -0.3 is 23.7 Å². The van der Waals surface area contributed by atoms with E-state index >= 15 is 0 Å². The van der Waals surface area contributed by atoms with Gasteiger partial charge in [0.25, 0.3) is 5.91 Å². The summed E-state index contributed by atoms with van der Waals surface area (Å²) in [6, 6.07) is 11.8. The van der Waals surface area contributed by atoms with E-state index in [-0.39, 0.29) is 22.5 Å². The molecule has 0 aliphatic rings. The number of aryl methyl sites for hydroxylation is 1. The number of carboxylic acid groups (broad SMARTS) is 1. The van der Waals surface area contributed by atoms with Gasteiger partial charge in [-0.25, -0.2) is 9.78 Å². The lowest BCUT2D eigenvalue weighted by Gasteiger charge is -2.16. The van der Waals surface area contributed by atoms with Crippen molar-refractivity contribution in [2.75, 3.05) is 19.0 Å². The number of hydrogen-bond donors (Lipinski definition) is 2. The van der Waals surface area contributed by atoms with Crippen LogP contribution in [0.15, 0.2) is 52.3 Å². The third-order valence-electron chi connectivity index (χ3n) is 4.69. The number of aromatic nitrogens is 3. The van der Waals surface area contributed by atoms with Gasteiger partial charge in [0.2, 0.25) is 11.8 Å². The summed E-state index contributed by atoms with van der Waals surface area (Å²) in [6.45, 7) is 3.89. The maximum Gasteiger partial charge on any atom is 0.355 e. The van der Waals surface area contributed by atoms with Crippen molar-refractivity contribution in [3.05, 3.63) is 65.0 Å². The van der Waals surface area contributed by atoms with Gasteiger partial charge in [-0.05, 0) is 43.3 Å². The van der Waals surface area contributed by atoms with Gasteiger partial charge in [-0.15, -0.1) is 21.5 Å². The number of carbonyl (C=O) groups excluding carboxylic acids is 1. The highest BCUT2D eigenvalue weighted by molar-refractivity contribution is 7.14. The van der Waals surface area contributed by atoms with Gasteiger partial charge in [-0.1, -0.05) is 0 Å². The molecule has 11 nitrogen and oxygen atoms in total. The van der Waals surface area contributed by atoms with Crippen LogP contribution in [0.2, 0.25) is 0 Å². The fourth-order valence-electron chi connectivity index (χ4n) is 3.14. The number of nitrogens with zero attached hydrogens (tertiary/aromatic N) is 3. The average molecular weight is 511 g/mol. The highest BCUT2D eigenvalue weighted by atomic mass is 32.1. The number of carboxylic acids is 1. The standard InChI is InChI=1S/C24H22N4O7S/c1-13(11-32-3)33-18-8-16(21(29)26-24-25-20(12-36-24)23(30)31)9-19(10-18)35-17-6-4-15(5-7-17)22-28-27-14(2)34-22/h4-10,12-13H,11H2,1-3H3,(H,30,31)(H,25,26,29). The second kappa shape index (κ2) is 11.0. The van der Waals surface area contributed by atoms with Gasteiger partial charge in [0.15, 0.2) is 10.8 Å². The Labute approximate surface area is 209 Å². The molecule has 4 aromatic rings. The Morgan fingerprint density at radius 1 is 1.11 bits per heavy atom. The summed E-state index contributed by atoms with van der Waals surface area (Å²) in [5, 5.41) is 21.0. The van der Waals surface area contributed by atoms with Gasteiger partial charge in [-0.3, -0.25) is 10.1 Å². The summed E-state index contributed by atoms with van der Waals surface area (Å²) in [7, 11) is 1.57. The molecule has 2 heterocycles. The maximum atomic E-state index is 12.9. The van der Waals surface area contributed by atoms with Crippen molar-refractivity contribution in [2.24, 2.45) is 0 Å². The Morgan fingerprint density at radius 3 is 2.50 bits per heavy atom. The van der Waals surface area contributed by atoms with E-state index in [0.29, 0.717) is 35.6 Å². The van der Waals surface area contributed by atoms with Crippen LogP contribution in [-0.2, 0) is 4.74 Å². The Kier molecular flexibility index (Phi) is 7.56. The van der Waals surface area contributed by atoms with E-state index in [1.807, 2.05) is 6.92 Å². The molecule has 0 saturated carbocycles. The molecule has 1 amide bonds. The highest BCUT2D eigenvalue weighted by Gasteiger charge is 2.16. The Bertz CT molecular complexity index is 1370. The number of hydrogen-bond acceptors (Lipinski definition) is 10. The summed E-state index contributed by atoms with van der Waals surface area (Å²) in [5.41, 5.74) is 0.818. The number of benzene rings is 2. The molecular formula is C24H22N4O7S. The minimum Gasteiger partial charge on any atom is -0.488 e. The lowest BCUT2D eigenvalue weighted by Crippen LogP contribution is -2.18. The normalized spacial score (nSPS) is 11.6. The molecule has 1 atom stereocenters. The zero-order chi connectivity index (χ0) is 25.7. The monoisotopic (exact) mass is 510 g/mol. The zero-order valence-electron chi connectivity index (χ0n) is 19.5. The SMILES string of the molecule is COCC(C)Oc1cc(Oc2ccc(-c3nnc(C)o3)cc2)cc(C(=O)Nc2nc(C(=O)O)cs2)c1. The molecule has 1 unspecified atom stereocenters. The predicted molar refractivity (Wildman–Crippen MR) is 130 cm³/mol. The minimum absolute atomic E-state index is 0.149. The number of ether oxygens (including phenoxy) is 3. The van der Waals surface area contributed by atoms with Crippen molar-refractivity contribution in [2.45, 2.75) is 20.0 Å². The van der Waals surface area contributed by atoms with Crippen LogP contribution < -0.4 is 14.8 Å². The lowest BCUT2D eigenvalue weighted by atomic mass is 10.1. The number of nitrogens with one attached hydrogen (secondary N) is 1. The summed E-state index contributed by atoms with van der Waals surface area (Å²) in [6.07, 6.45) is -0.282. The number of thiazole rings is 1. The Hall–Kier alpha value is -4.29. The quantitative estimate of drug-likeness (QED) is 0.309. The summed E-state index contributed by atoms with van der Waals surface area (Å²) < 4.78 is 22.4. The first-order valence-electron chi connectivity index (χ1n) is 10.7. The number of methoxy groups -OCH3 is 1. The van der Waals surface area contributed by atoms with Gasteiger partial charge in [-0.2, -0.15) is 0 Å². The first kappa shape index (κ1) is 24.8. The number of anilines is 1. The van der Waals surface area contributed by atoms with Crippen molar-refractivity contribution in [3.8, 4) is 28.7 Å². The fourth-order valence-corrected chi connectivity index (χ4v) is 3.82. The molecule has 36 heavy (non-hydrogen) atoms. The number of rotatable bonds is 10. The zero-order valence-corrected chi connectivity index (χ0v) is 20.4. The van der Waals surface area contributed by atoms with Crippen molar-refractivity contribution < 1.29 is 33.3 Å². The molecule has 12 heteroatoms. The average Bonchev–Trinajstić information content (AvgIpc) is 3.49. The van der Waals surface area contributed by atoms with Crippen molar-refractivity contribution >= 4 is 28.3 Å². The topological polar surface area (TPSA) is 146 Å². The molecule has 0 fully saturated rings. The Morgan fingerprint density at radius 2 is 1.86 bits per heavy atom. The molecule has 0 saturated heterocycles. The third-order valence-corrected chi connectivity index (χ3v) is 5.45. The summed E-state index contributed by atoms with van der Waals surface area (Å²) in [5.74, 6) is 0.443. The third kappa shape index (κ3) is 6.23. The summed E-state index contributed by atoms with van der Waals surface area (Å²) in [4.78, 5) is 27.9. The van der Waals surface area contributed by atoms with Gasteiger partial charge in [0, 0.05) is 36.6 Å². The van der Waals surface area contributed by atoms with Crippen LogP contribution in [0.5, 0.6) is 17.2 Å². The molecule has 2 N–H and O–H groups in total. The van der Waals surface area contributed by atoms with Crippen LogP contribution in [0.4, 0.5) is 5.13 Å². The second-order valence-corrected chi connectivity index (χ2v) is 8.48. The van der Waals surface area contributed by atoms with E-state index in [1.165, 1.54) is 5.38 Å². The molecule has 0 aliphatic carbocycles. The van der Waals surface area contributed by atoms with Crippen LogP contribution >= 0.6 is 11.3 Å². The van der Waals surface area contributed by atoms with Crippen molar-refractivity contribution in [3.63, 3.8) is 0 Å². The van der Waals surface area contributed by atoms with E-state index in [4.69, 9.17) is 23.7 Å². The number of amides is 1. The Balaban J connectivity index is 1.57. The van der Waals surface area contributed by atoms with Crippen molar-refractivity contribution in [1.82, 2.24) is 15.2 Å². The molecule has 0 bridgehead atoms. The maximum absolute atomic E-state index is 12.9. The van der Waals surface area contributed by atoms with Crippen molar-refractivity contribution in [1.29, 1.82) is 0 Å². The van der Waals surface area contributed by atoms with E-state index in [1.54, 1.807) is 56.5 Å². The molecule has 4 rings (SSSR count). The van der Waals surface area contributed by atoms with Gasteiger partial charge >= 0.3 is 5.97 Å². The molecular weight excluding hydrogens is 488 g/mol.